The maximum Gasteiger partial charge on any atom is 0.408 e. The highest BCUT2D eigenvalue weighted by Crippen LogP contribution is 2.55. The van der Waals surface area contributed by atoms with Crippen LogP contribution in [0.4, 0.5) is 11.4 Å². The lowest BCUT2D eigenvalue weighted by atomic mass is 10.0. The fraction of sp³-hybridized carbons (Fsp3) is 0.500. The molecule has 1 unspecified atom stereocenters. The molecule has 8 heteroatoms. The van der Waals surface area contributed by atoms with Gasteiger partial charge in [0.2, 0.25) is 0 Å². The van der Waals surface area contributed by atoms with E-state index in [1.165, 1.54) is 26.1 Å². The van der Waals surface area contributed by atoms with Crippen LogP contribution in [0.3, 0.4) is 0 Å². The van der Waals surface area contributed by atoms with Crippen LogP contribution in [0.15, 0.2) is 57.2 Å². The van der Waals surface area contributed by atoms with Crippen molar-refractivity contribution in [3.05, 3.63) is 42.5 Å². The SMILES string of the molecule is CCOP(=O)(OCC)N1CCCCC1CCN1c2ccccc2Sc2ccc(SC)cc21. The molecular formula is C24H33N2O3PS2. The second-order valence-corrected chi connectivity index (χ2v) is 11.9. The number of nitrogens with zero attached hydrogens (tertiary/aromatic N) is 2. The first-order valence-electron chi connectivity index (χ1n) is 11.5. The van der Waals surface area contributed by atoms with Gasteiger partial charge in [0.15, 0.2) is 0 Å². The Morgan fingerprint density at radius 1 is 1.06 bits per heavy atom. The zero-order valence-corrected chi connectivity index (χ0v) is 21.7. The summed E-state index contributed by atoms with van der Waals surface area (Å²) in [5.74, 6) is 0. The van der Waals surface area contributed by atoms with Crippen LogP contribution in [0.1, 0.15) is 39.5 Å². The molecule has 2 heterocycles. The molecule has 2 aromatic rings. The Hall–Kier alpha value is -0.950. The highest BCUT2D eigenvalue weighted by Gasteiger charge is 2.39. The van der Waals surface area contributed by atoms with Crippen molar-refractivity contribution in [2.75, 3.05) is 37.5 Å². The van der Waals surface area contributed by atoms with E-state index in [-0.39, 0.29) is 6.04 Å². The van der Waals surface area contributed by atoms with Gasteiger partial charge >= 0.3 is 7.75 Å². The van der Waals surface area contributed by atoms with Crippen LogP contribution < -0.4 is 4.90 Å². The first kappa shape index (κ1) is 24.2. The Labute approximate surface area is 200 Å². The van der Waals surface area contributed by atoms with Crippen molar-refractivity contribution in [1.82, 2.24) is 4.67 Å². The second-order valence-electron chi connectivity index (χ2n) is 7.96. The van der Waals surface area contributed by atoms with Crippen LogP contribution in [0.2, 0.25) is 0 Å². The van der Waals surface area contributed by atoms with Crippen molar-refractivity contribution in [1.29, 1.82) is 0 Å². The van der Waals surface area contributed by atoms with Crippen LogP contribution in [0.5, 0.6) is 0 Å². The molecule has 5 nitrogen and oxygen atoms in total. The van der Waals surface area contributed by atoms with E-state index in [0.717, 1.165) is 38.8 Å². The topological polar surface area (TPSA) is 42.0 Å². The van der Waals surface area contributed by atoms with Crippen LogP contribution in [-0.4, -0.2) is 43.3 Å². The average Bonchev–Trinajstić information content (AvgIpc) is 2.82. The summed E-state index contributed by atoms with van der Waals surface area (Å²) >= 11 is 3.61. The van der Waals surface area contributed by atoms with Gasteiger partial charge in [-0.3, -0.25) is 9.05 Å². The zero-order valence-electron chi connectivity index (χ0n) is 19.2. The van der Waals surface area contributed by atoms with E-state index in [1.54, 1.807) is 11.8 Å². The van der Waals surface area contributed by atoms with Gasteiger partial charge in [0, 0.05) is 33.8 Å². The Morgan fingerprint density at radius 2 is 1.81 bits per heavy atom. The van der Waals surface area contributed by atoms with E-state index < -0.39 is 7.75 Å². The number of hydrogen-bond donors (Lipinski definition) is 0. The number of rotatable bonds is 9. The third-order valence-corrected chi connectivity index (χ3v) is 10.2. The lowest BCUT2D eigenvalue weighted by molar-refractivity contribution is 0.127. The number of benzene rings is 2. The summed E-state index contributed by atoms with van der Waals surface area (Å²) in [6.45, 7) is 6.17. The number of thioether (sulfide) groups is 1. The number of para-hydroxylation sites is 1. The molecule has 0 aromatic heterocycles. The molecule has 0 saturated carbocycles. The summed E-state index contributed by atoms with van der Waals surface area (Å²) < 4.78 is 27.0. The summed E-state index contributed by atoms with van der Waals surface area (Å²) in [4.78, 5) is 6.29. The highest BCUT2D eigenvalue weighted by atomic mass is 32.2. The summed E-state index contributed by atoms with van der Waals surface area (Å²) in [6.07, 6.45) is 6.23. The fourth-order valence-electron chi connectivity index (χ4n) is 4.57. The second kappa shape index (κ2) is 11.0. The third-order valence-electron chi connectivity index (χ3n) is 6.01. The molecule has 0 aliphatic carbocycles. The maximum atomic E-state index is 13.6. The van der Waals surface area contributed by atoms with E-state index in [0.29, 0.717) is 13.2 Å². The maximum absolute atomic E-state index is 13.6. The quantitative estimate of drug-likeness (QED) is 0.266. The van der Waals surface area contributed by atoms with Crippen molar-refractivity contribution in [3.8, 4) is 0 Å². The van der Waals surface area contributed by atoms with E-state index in [1.807, 2.05) is 30.3 Å². The van der Waals surface area contributed by atoms with Crippen molar-refractivity contribution in [2.24, 2.45) is 0 Å². The van der Waals surface area contributed by atoms with E-state index >= 15 is 0 Å². The fourth-order valence-corrected chi connectivity index (χ4v) is 8.12. The van der Waals surface area contributed by atoms with Crippen LogP contribution >= 0.6 is 31.3 Å². The minimum absolute atomic E-state index is 0.182. The van der Waals surface area contributed by atoms with Gasteiger partial charge in [-0.15, -0.1) is 11.8 Å². The van der Waals surface area contributed by atoms with Crippen LogP contribution in [0.25, 0.3) is 0 Å². The molecular weight excluding hydrogens is 459 g/mol. The molecule has 1 fully saturated rings. The molecule has 2 aromatic carbocycles. The van der Waals surface area contributed by atoms with Crippen LogP contribution in [0, 0.1) is 0 Å². The van der Waals surface area contributed by atoms with Gasteiger partial charge in [-0.05, 0) is 69.7 Å². The Bertz CT molecular complexity index is 964. The summed E-state index contributed by atoms with van der Waals surface area (Å²) in [6, 6.07) is 15.5. The summed E-state index contributed by atoms with van der Waals surface area (Å²) in [5.41, 5.74) is 2.52. The van der Waals surface area contributed by atoms with Gasteiger partial charge in [-0.25, -0.2) is 9.24 Å². The standard InChI is InChI=1S/C24H33N2O3PS2/c1-4-28-30(27,29-5-2)26-16-9-8-10-19(26)15-17-25-21-11-6-7-12-23(21)32-24-14-13-20(31-3)18-22(24)25/h6-7,11-14,18-19H,4-5,8-10,15-17H2,1-3H3. The van der Waals surface area contributed by atoms with E-state index in [2.05, 4.69) is 53.6 Å². The van der Waals surface area contributed by atoms with Gasteiger partial charge in [0.05, 0.1) is 24.6 Å². The normalized spacial score (nSPS) is 19.0. The van der Waals surface area contributed by atoms with Gasteiger partial charge in [0.1, 0.15) is 0 Å². The summed E-state index contributed by atoms with van der Waals surface area (Å²) in [7, 11) is -3.26. The highest BCUT2D eigenvalue weighted by molar-refractivity contribution is 8.00. The largest absolute Gasteiger partial charge is 0.408 e. The van der Waals surface area contributed by atoms with Gasteiger partial charge < -0.3 is 4.90 Å². The van der Waals surface area contributed by atoms with E-state index in [4.69, 9.17) is 9.05 Å². The molecule has 1 saturated heterocycles. The lowest BCUT2D eigenvalue weighted by Crippen LogP contribution is -2.40. The first-order chi connectivity index (χ1) is 15.6. The predicted molar refractivity (Wildman–Crippen MR) is 136 cm³/mol. The van der Waals surface area contributed by atoms with Crippen molar-refractivity contribution >= 4 is 42.6 Å². The monoisotopic (exact) mass is 492 g/mol. The zero-order chi connectivity index (χ0) is 22.6. The molecule has 0 N–H and O–H groups in total. The van der Waals surface area contributed by atoms with Gasteiger partial charge in [0.25, 0.3) is 0 Å². The minimum atomic E-state index is -3.26. The number of anilines is 2. The summed E-state index contributed by atoms with van der Waals surface area (Å²) in [5, 5.41) is 0. The molecule has 0 spiro atoms. The van der Waals surface area contributed by atoms with Gasteiger partial charge in [-0.1, -0.05) is 30.3 Å². The first-order valence-corrected chi connectivity index (χ1v) is 15.0. The minimum Gasteiger partial charge on any atom is -0.340 e. The molecule has 1 atom stereocenters. The Morgan fingerprint density at radius 3 is 2.56 bits per heavy atom. The number of hydrogen-bond acceptors (Lipinski definition) is 6. The molecule has 4 rings (SSSR count). The molecule has 0 bridgehead atoms. The molecule has 2 aliphatic rings. The number of fused-ring (bicyclic) bond motifs is 2. The molecule has 32 heavy (non-hydrogen) atoms. The predicted octanol–water partition coefficient (Wildman–Crippen LogP) is 7.44. The molecule has 2 aliphatic heterocycles. The number of piperidine rings is 1. The van der Waals surface area contributed by atoms with Gasteiger partial charge in [-0.2, -0.15) is 0 Å². The Balaban J connectivity index is 1.60. The Kier molecular flexibility index (Phi) is 8.30. The molecule has 174 valence electrons. The average molecular weight is 493 g/mol. The van der Waals surface area contributed by atoms with Crippen molar-refractivity contribution in [2.45, 2.75) is 60.3 Å². The lowest BCUT2D eigenvalue weighted by Gasteiger charge is -2.40. The molecule has 0 radical (unpaired) electrons. The smallest absolute Gasteiger partial charge is 0.340 e. The van der Waals surface area contributed by atoms with Crippen molar-refractivity contribution in [3.63, 3.8) is 0 Å². The molecule has 0 amide bonds. The van der Waals surface area contributed by atoms with Crippen LogP contribution in [-0.2, 0) is 13.6 Å². The van der Waals surface area contributed by atoms with E-state index in [9.17, 15) is 4.57 Å². The van der Waals surface area contributed by atoms with Crippen molar-refractivity contribution < 1.29 is 13.6 Å². The third kappa shape index (κ3) is 5.08.